The van der Waals surface area contributed by atoms with Crippen LogP contribution in [0.2, 0.25) is 0 Å². The molecule has 3 heteroatoms. The van der Waals surface area contributed by atoms with Crippen molar-refractivity contribution >= 4 is 24.2 Å². The maximum Gasteiger partial charge on any atom is 0.195 e. The first-order valence-corrected chi connectivity index (χ1v) is 6.87. The van der Waals surface area contributed by atoms with Gasteiger partial charge < -0.3 is 0 Å². The summed E-state index contributed by atoms with van der Waals surface area (Å²) in [6.45, 7) is 13.1. The highest BCUT2D eigenvalue weighted by molar-refractivity contribution is 7.84. The summed E-state index contributed by atoms with van der Waals surface area (Å²) in [5.74, 6) is -0.411. The Labute approximate surface area is 125 Å². The number of thiol groups is 1. The molecule has 1 aromatic carbocycles. The number of fused-ring (bicyclic) bond motifs is 1. The second kappa shape index (κ2) is 6.53. The molecule has 0 aromatic heterocycles. The Morgan fingerprint density at radius 1 is 1.20 bits per heavy atom. The van der Waals surface area contributed by atoms with E-state index in [0.717, 1.165) is 5.56 Å². The van der Waals surface area contributed by atoms with Gasteiger partial charge in [-0.15, -0.1) is 12.6 Å². The number of benzene rings is 1. The van der Waals surface area contributed by atoms with E-state index in [9.17, 15) is 9.59 Å². The van der Waals surface area contributed by atoms with Crippen LogP contribution in [0.25, 0.3) is 0 Å². The third kappa shape index (κ3) is 2.54. The van der Waals surface area contributed by atoms with Gasteiger partial charge in [0.1, 0.15) is 0 Å². The normalized spacial score (nSPS) is 13.4. The fraction of sp³-hybridized carbons (Fsp3) is 0.176. The summed E-state index contributed by atoms with van der Waals surface area (Å²) in [5, 5.41) is 0. The molecule has 0 saturated carbocycles. The number of allylic oxidation sites excluding steroid dienone is 3. The molecule has 1 aromatic rings. The van der Waals surface area contributed by atoms with Crippen molar-refractivity contribution in [2.24, 2.45) is 0 Å². The van der Waals surface area contributed by atoms with Gasteiger partial charge in [-0.3, -0.25) is 9.59 Å². The highest BCUT2D eigenvalue weighted by Gasteiger charge is 2.32. The van der Waals surface area contributed by atoms with Crippen LogP contribution in [-0.4, -0.2) is 11.6 Å². The van der Waals surface area contributed by atoms with Crippen molar-refractivity contribution < 1.29 is 9.59 Å². The number of carbonyl (C=O) groups is 2. The fourth-order valence-corrected chi connectivity index (χ4v) is 2.37. The maximum absolute atomic E-state index is 12.4. The second-order valence-electron chi connectivity index (χ2n) is 4.10. The molecule has 1 aliphatic carbocycles. The lowest BCUT2D eigenvalue weighted by Crippen LogP contribution is -2.22. The van der Waals surface area contributed by atoms with Crippen molar-refractivity contribution in [3.8, 4) is 0 Å². The summed E-state index contributed by atoms with van der Waals surface area (Å²) < 4.78 is 0. The minimum Gasteiger partial charge on any atom is -0.289 e. The summed E-state index contributed by atoms with van der Waals surface area (Å²) in [7, 11) is 0. The third-order valence-corrected chi connectivity index (χ3v) is 3.20. The predicted molar refractivity (Wildman–Crippen MR) is 86.5 cm³/mol. The van der Waals surface area contributed by atoms with Crippen LogP contribution in [-0.2, 0) is 0 Å². The number of Topliss-reactive ketones (excluding diaryl/α,β-unsaturated/α-hetero) is 2. The molecule has 0 aliphatic heterocycles. The first-order valence-electron chi connectivity index (χ1n) is 6.43. The molecule has 0 unspecified atom stereocenters. The zero-order valence-corrected chi connectivity index (χ0v) is 12.9. The quantitative estimate of drug-likeness (QED) is 0.821. The van der Waals surface area contributed by atoms with E-state index < -0.39 is 0 Å². The largest absolute Gasteiger partial charge is 0.289 e. The minimum atomic E-state index is -0.219. The van der Waals surface area contributed by atoms with Gasteiger partial charge in [-0.2, -0.15) is 0 Å². The van der Waals surface area contributed by atoms with E-state index in [-0.39, 0.29) is 27.6 Å². The van der Waals surface area contributed by atoms with Crippen molar-refractivity contribution in [1.29, 1.82) is 0 Å². The Kier molecular flexibility index (Phi) is 5.28. The average Bonchev–Trinajstić information content (AvgIpc) is 2.44. The first kappa shape index (κ1) is 16.2. The van der Waals surface area contributed by atoms with Crippen molar-refractivity contribution in [2.75, 3.05) is 0 Å². The Morgan fingerprint density at radius 2 is 1.80 bits per heavy atom. The van der Waals surface area contributed by atoms with Gasteiger partial charge in [-0.1, -0.05) is 51.3 Å². The van der Waals surface area contributed by atoms with E-state index >= 15 is 0 Å². The van der Waals surface area contributed by atoms with Crippen LogP contribution in [0.4, 0.5) is 0 Å². The molecule has 0 heterocycles. The second-order valence-corrected chi connectivity index (χ2v) is 4.64. The Hall–Kier alpha value is -1.87. The van der Waals surface area contributed by atoms with Gasteiger partial charge in [0.05, 0.1) is 0 Å². The molecule has 0 fully saturated rings. The molecule has 0 amide bonds. The number of ketones is 2. The Bertz CT molecular complexity index is 636. The standard InChI is InChI=1S/C15H12O2S.C2H6/c1-4-10-13(9(3)18)15(17)11-7-5-6-8(2)12(11)14(10)16;1-2/h4-7,18H,1,3H2,2H3;1-2H3. The molecule has 0 atom stereocenters. The van der Waals surface area contributed by atoms with E-state index in [1.54, 1.807) is 12.1 Å². The predicted octanol–water partition coefficient (Wildman–Crippen LogP) is 4.33. The molecule has 0 N–H and O–H groups in total. The summed E-state index contributed by atoms with van der Waals surface area (Å²) in [4.78, 5) is 25.0. The SMILES string of the molecule is C=CC1=C(C(=C)S)C(=O)c2cccc(C)c2C1=O.CC. The Morgan fingerprint density at radius 3 is 2.30 bits per heavy atom. The van der Waals surface area contributed by atoms with Gasteiger partial charge >= 0.3 is 0 Å². The molecule has 20 heavy (non-hydrogen) atoms. The van der Waals surface area contributed by atoms with E-state index in [1.807, 2.05) is 26.8 Å². The zero-order chi connectivity index (χ0) is 15.4. The van der Waals surface area contributed by atoms with Gasteiger partial charge in [0, 0.05) is 27.2 Å². The molecule has 104 valence electrons. The smallest absolute Gasteiger partial charge is 0.195 e. The van der Waals surface area contributed by atoms with Crippen LogP contribution < -0.4 is 0 Å². The van der Waals surface area contributed by atoms with Gasteiger partial charge in [-0.25, -0.2) is 0 Å². The lowest BCUT2D eigenvalue weighted by molar-refractivity contribution is 0.0980. The number of aryl methyl sites for hydroxylation is 1. The molecule has 0 radical (unpaired) electrons. The van der Waals surface area contributed by atoms with Crippen LogP contribution in [0.3, 0.4) is 0 Å². The summed E-state index contributed by atoms with van der Waals surface area (Å²) in [6.07, 6.45) is 1.40. The molecule has 2 rings (SSSR count). The Balaban J connectivity index is 0.000000956. The van der Waals surface area contributed by atoms with Crippen LogP contribution in [0.1, 0.15) is 40.1 Å². The molecule has 1 aliphatic rings. The number of hydrogen-bond acceptors (Lipinski definition) is 3. The summed E-state index contributed by atoms with van der Waals surface area (Å²) in [6, 6.07) is 5.22. The summed E-state index contributed by atoms with van der Waals surface area (Å²) >= 11 is 4.10. The van der Waals surface area contributed by atoms with Crippen LogP contribution in [0.15, 0.2) is 53.5 Å². The number of carbonyl (C=O) groups excluding carboxylic acids is 2. The van der Waals surface area contributed by atoms with Gasteiger partial charge in [0.25, 0.3) is 0 Å². The van der Waals surface area contributed by atoms with Crippen LogP contribution in [0, 0.1) is 6.92 Å². The monoisotopic (exact) mass is 286 g/mol. The van der Waals surface area contributed by atoms with Crippen molar-refractivity contribution in [2.45, 2.75) is 20.8 Å². The number of rotatable bonds is 2. The molecule has 0 bridgehead atoms. The maximum atomic E-state index is 12.4. The van der Waals surface area contributed by atoms with E-state index in [1.165, 1.54) is 6.08 Å². The molecule has 0 spiro atoms. The average molecular weight is 286 g/mol. The minimum absolute atomic E-state index is 0.192. The van der Waals surface area contributed by atoms with Gasteiger partial charge in [0.15, 0.2) is 11.6 Å². The summed E-state index contributed by atoms with van der Waals surface area (Å²) in [5.41, 5.74) is 2.18. The van der Waals surface area contributed by atoms with Crippen LogP contribution >= 0.6 is 12.6 Å². The van der Waals surface area contributed by atoms with Gasteiger partial charge in [0.2, 0.25) is 0 Å². The molecular weight excluding hydrogens is 268 g/mol. The number of hydrogen-bond donors (Lipinski definition) is 1. The van der Waals surface area contributed by atoms with Crippen molar-refractivity contribution in [3.63, 3.8) is 0 Å². The van der Waals surface area contributed by atoms with Gasteiger partial charge in [-0.05, 0) is 12.5 Å². The molecule has 2 nitrogen and oxygen atoms in total. The van der Waals surface area contributed by atoms with Crippen molar-refractivity contribution in [3.05, 3.63) is 70.2 Å². The third-order valence-electron chi connectivity index (χ3n) is 2.98. The van der Waals surface area contributed by atoms with Crippen LogP contribution in [0.5, 0.6) is 0 Å². The van der Waals surface area contributed by atoms with E-state index in [4.69, 9.17) is 0 Å². The lowest BCUT2D eigenvalue weighted by atomic mass is 9.82. The van der Waals surface area contributed by atoms with E-state index in [0.29, 0.717) is 11.1 Å². The molecular formula is C17H18O2S. The van der Waals surface area contributed by atoms with Crippen molar-refractivity contribution in [1.82, 2.24) is 0 Å². The van der Waals surface area contributed by atoms with E-state index in [2.05, 4.69) is 25.8 Å². The fourth-order valence-electron chi connectivity index (χ4n) is 2.14. The first-order chi connectivity index (χ1) is 9.49. The highest BCUT2D eigenvalue weighted by atomic mass is 32.1. The zero-order valence-electron chi connectivity index (χ0n) is 12.0. The topological polar surface area (TPSA) is 34.1 Å². The lowest BCUT2D eigenvalue weighted by Gasteiger charge is -2.20. The highest BCUT2D eigenvalue weighted by Crippen LogP contribution is 2.32. The molecule has 0 saturated heterocycles.